The number of nitrogen functional groups attached to an aromatic ring is 1. The monoisotopic (exact) mass is 347 g/mol. The molecule has 108 valence electrons. The van der Waals surface area contributed by atoms with Crippen LogP contribution in [-0.2, 0) is 0 Å². The Hall–Kier alpha value is -2.19. The zero-order valence-electron chi connectivity index (χ0n) is 11.5. The van der Waals surface area contributed by atoms with Crippen LogP contribution in [0.5, 0.6) is 0 Å². The number of anilines is 3. The Kier molecular flexibility index (Phi) is 3.48. The third-order valence-corrected chi connectivity index (χ3v) is 4.39. The van der Waals surface area contributed by atoms with Gasteiger partial charge >= 0.3 is 0 Å². The summed E-state index contributed by atoms with van der Waals surface area (Å²) in [5.74, 6) is 6.36. The molecule has 0 bridgehead atoms. The molecule has 0 radical (unpaired) electrons. The molecule has 2 heterocycles. The highest BCUT2D eigenvalue weighted by atomic mass is 79.9. The lowest BCUT2D eigenvalue weighted by Gasteiger charge is -2.11. The van der Waals surface area contributed by atoms with Gasteiger partial charge in [0.1, 0.15) is 5.82 Å². The lowest BCUT2D eigenvalue weighted by Crippen LogP contribution is -2.11. The van der Waals surface area contributed by atoms with Crippen LogP contribution in [0, 0.1) is 13.8 Å². The predicted molar refractivity (Wildman–Crippen MR) is 86.4 cm³/mol. The summed E-state index contributed by atoms with van der Waals surface area (Å²) in [4.78, 5) is 8.53. The molecule has 0 atom stereocenters. The second-order valence-corrected chi connectivity index (χ2v) is 5.51. The molecular formula is C13H14BrN7. The van der Waals surface area contributed by atoms with Gasteiger partial charge in [-0.25, -0.2) is 5.84 Å². The van der Waals surface area contributed by atoms with Crippen LogP contribution in [0.4, 0.5) is 17.5 Å². The van der Waals surface area contributed by atoms with Crippen LogP contribution >= 0.6 is 15.9 Å². The van der Waals surface area contributed by atoms with Crippen molar-refractivity contribution >= 4 is 44.4 Å². The average molecular weight is 348 g/mol. The maximum atomic E-state index is 5.40. The van der Waals surface area contributed by atoms with Gasteiger partial charge in [-0.05, 0) is 37.1 Å². The Bertz CT molecular complexity index is 788. The molecule has 1 aromatic carbocycles. The summed E-state index contributed by atoms with van der Waals surface area (Å²) in [6.07, 6.45) is 1.68. The molecule has 0 saturated carbocycles. The van der Waals surface area contributed by atoms with Gasteiger partial charge in [0.05, 0.1) is 11.6 Å². The summed E-state index contributed by atoms with van der Waals surface area (Å²) in [5, 5.41) is 10.9. The van der Waals surface area contributed by atoms with Crippen LogP contribution < -0.4 is 16.6 Å². The molecule has 0 fully saturated rings. The number of nitrogens with one attached hydrogen (secondary N) is 3. The zero-order valence-corrected chi connectivity index (χ0v) is 13.1. The van der Waals surface area contributed by atoms with Crippen molar-refractivity contribution in [2.75, 3.05) is 10.7 Å². The second-order valence-electron chi connectivity index (χ2n) is 4.72. The van der Waals surface area contributed by atoms with E-state index in [0.717, 1.165) is 26.7 Å². The summed E-state index contributed by atoms with van der Waals surface area (Å²) < 4.78 is 1.11. The molecule has 7 nitrogen and oxygen atoms in total. The summed E-state index contributed by atoms with van der Waals surface area (Å²) >= 11 is 3.56. The van der Waals surface area contributed by atoms with Crippen LogP contribution in [0.15, 0.2) is 22.8 Å². The van der Waals surface area contributed by atoms with E-state index in [1.807, 2.05) is 26.0 Å². The fraction of sp³-hybridized carbons (Fsp3) is 0.154. The van der Waals surface area contributed by atoms with Crippen molar-refractivity contribution in [2.24, 2.45) is 5.84 Å². The molecule has 21 heavy (non-hydrogen) atoms. The molecule has 8 heteroatoms. The van der Waals surface area contributed by atoms with Gasteiger partial charge in [0, 0.05) is 10.2 Å². The first-order valence-electron chi connectivity index (χ1n) is 6.30. The number of aromatic nitrogens is 4. The van der Waals surface area contributed by atoms with Gasteiger partial charge in [-0.1, -0.05) is 15.9 Å². The number of hydrazine groups is 1. The van der Waals surface area contributed by atoms with Gasteiger partial charge in [-0.2, -0.15) is 15.1 Å². The highest BCUT2D eigenvalue weighted by Crippen LogP contribution is 2.28. The molecule has 5 N–H and O–H groups in total. The molecule has 0 aliphatic rings. The molecule has 0 saturated heterocycles. The topological polar surface area (TPSA) is 105 Å². The Labute approximate surface area is 129 Å². The minimum atomic E-state index is 0.319. The number of hydrogen-bond donors (Lipinski definition) is 4. The highest BCUT2D eigenvalue weighted by molar-refractivity contribution is 9.10. The number of halogens is 1. The quantitative estimate of drug-likeness (QED) is 0.429. The van der Waals surface area contributed by atoms with Crippen LogP contribution in [0.25, 0.3) is 11.0 Å². The minimum absolute atomic E-state index is 0.319. The number of rotatable bonds is 3. The predicted octanol–water partition coefficient (Wildman–Crippen LogP) is 2.76. The largest absolute Gasteiger partial charge is 0.339 e. The number of benzene rings is 1. The number of aromatic amines is 1. The van der Waals surface area contributed by atoms with E-state index in [4.69, 9.17) is 5.84 Å². The zero-order chi connectivity index (χ0) is 15.0. The molecule has 2 aromatic heterocycles. The Morgan fingerprint density at radius 1 is 1.19 bits per heavy atom. The number of nitrogens with zero attached hydrogens (tertiary/aromatic N) is 3. The van der Waals surface area contributed by atoms with Gasteiger partial charge in [0.15, 0.2) is 5.65 Å². The van der Waals surface area contributed by atoms with E-state index >= 15 is 0 Å². The Morgan fingerprint density at radius 3 is 2.57 bits per heavy atom. The minimum Gasteiger partial charge on any atom is -0.339 e. The van der Waals surface area contributed by atoms with Crippen molar-refractivity contribution in [3.63, 3.8) is 0 Å². The van der Waals surface area contributed by atoms with E-state index in [0.29, 0.717) is 17.4 Å². The fourth-order valence-electron chi connectivity index (χ4n) is 2.15. The maximum absolute atomic E-state index is 5.40. The summed E-state index contributed by atoms with van der Waals surface area (Å²) in [6.45, 7) is 4.09. The number of aryl methyl sites for hydroxylation is 2. The number of nitrogens with two attached hydrogens (primary N) is 1. The Balaban J connectivity index is 2.07. The van der Waals surface area contributed by atoms with E-state index in [2.05, 4.69) is 46.8 Å². The number of fused-ring (bicyclic) bond motifs is 1. The fourth-order valence-corrected chi connectivity index (χ4v) is 2.38. The van der Waals surface area contributed by atoms with E-state index in [-0.39, 0.29) is 0 Å². The summed E-state index contributed by atoms with van der Waals surface area (Å²) in [6, 6.07) is 4.08. The van der Waals surface area contributed by atoms with E-state index < -0.39 is 0 Å². The van der Waals surface area contributed by atoms with Gasteiger partial charge < -0.3 is 5.32 Å². The molecule has 3 aromatic rings. The molecule has 0 aliphatic carbocycles. The SMILES string of the molecule is Cc1cc(Nc2nc(NN)nc3[nH]ncc23)cc(C)c1Br. The average Bonchev–Trinajstić information content (AvgIpc) is 2.93. The standard InChI is InChI=1S/C13H14BrN7/c1-6-3-8(4-7(2)10(6)14)17-11-9-5-16-21-12(9)19-13(18-11)20-15/h3-5H,15H2,1-2H3,(H3,16,17,18,19,20,21). The first-order valence-corrected chi connectivity index (χ1v) is 7.09. The van der Waals surface area contributed by atoms with Crippen molar-refractivity contribution in [1.82, 2.24) is 20.2 Å². The maximum Gasteiger partial charge on any atom is 0.241 e. The van der Waals surface area contributed by atoms with Crippen molar-refractivity contribution in [2.45, 2.75) is 13.8 Å². The lowest BCUT2D eigenvalue weighted by molar-refractivity contribution is 1.08. The molecule has 0 unspecified atom stereocenters. The smallest absolute Gasteiger partial charge is 0.241 e. The van der Waals surface area contributed by atoms with Crippen molar-refractivity contribution in [1.29, 1.82) is 0 Å². The first-order chi connectivity index (χ1) is 10.1. The van der Waals surface area contributed by atoms with Crippen LogP contribution in [-0.4, -0.2) is 20.2 Å². The molecular weight excluding hydrogens is 334 g/mol. The molecule has 0 aliphatic heterocycles. The number of H-pyrrole nitrogens is 1. The van der Waals surface area contributed by atoms with Gasteiger partial charge in [0.25, 0.3) is 0 Å². The van der Waals surface area contributed by atoms with Crippen molar-refractivity contribution in [3.05, 3.63) is 33.9 Å². The van der Waals surface area contributed by atoms with E-state index in [9.17, 15) is 0 Å². The van der Waals surface area contributed by atoms with Crippen LogP contribution in [0.3, 0.4) is 0 Å². The second kappa shape index (κ2) is 5.30. The number of hydrogen-bond acceptors (Lipinski definition) is 6. The third kappa shape index (κ3) is 2.55. The van der Waals surface area contributed by atoms with Crippen LogP contribution in [0.1, 0.15) is 11.1 Å². The lowest BCUT2D eigenvalue weighted by atomic mass is 10.1. The highest BCUT2D eigenvalue weighted by Gasteiger charge is 2.10. The normalized spacial score (nSPS) is 10.9. The van der Waals surface area contributed by atoms with E-state index in [1.54, 1.807) is 6.20 Å². The van der Waals surface area contributed by atoms with Gasteiger partial charge in [0.2, 0.25) is 5.95 Å². The van der Waals surface area contributed by atoms with Crippen LogP contribution in [0.2, 0.25) is 0 Å². The summed E-state index contributed by atoms with van der Waals surface area (Å²) in [5.41, 5.74) is 6.30. The molecule has 3 rings (SSSR count). The van der Waals surface area contributed by atoms with Gasteiger partial charge in [-0.15, -0.1) is 0 Å². The molecule has 0 amide bonds. The summed E-state index contributed by atoms with van der Waals surface area (Å²) in [7, 11) is 0. The van der Waals surface area contributed by atoms with Crippen molar-refractivity contribution in [3.8, 4) is 0 Å². The molecule has 0 spiro atoms. The van der Waals surface area contributed by atoms with Crippen molar-refractivity contribution < 1.29 is 0 Å². The third-order valence-electron chi connectivity index (χ3n) is 3.14. The Morgan fingerprint density at radius 2 is 1.90 bits per heavy atom. The van der Waals surface area contributed by atoms with E-state index in [1.165, 1.54) is 0 Å². The van der Waals surface area contributed by atoms with Gasteiger partial charge in [-0.3, -0.25) is 10.5 Å². The first kappa shape index (κ1) is 13.8.